The topological polar surface area (TPSA) is 74.0 Å². The van der Waals surface area contributed by atoms with Crippen LogP contribution in [0.5, 0.6) is 0 Å². The first-order chi connectivity index (χ1) is 14.3. The van der Waals surface area contributed by atoms with E-state index in [2.05, 4.69) is 42.3 Å². The third-order valence-corrected chi connectivity index (χ3v) is 6.13. The summed E-state index contributed by atoms with van der Waals surface area (Å²) in [6.45, 7) is 18.9. The van der Waals surface area contributed by atoms with Gasteiger partial charge in [0.1, 0.15) is 18.8 Å². The Labute approximate surface area is 175 Å². The Hall–Kier alpha value is -0.360. The Morgan fingerprint density at radius 1 is 1.25 bits per heavy atom. The highest BCUT2D eigenvalue weighted by Gasteiger charge is 2.45. The van der Waals surface area contributed by atoms with Crippen molar-refractivity contribution in [1.82, 2.24) is 4.67 Å². The van der Waals surface area contributed by atoms with E-state index < -0.39 is 14.6 Å². The fourth-order valence-corrected chi connectivity index (χ4v) is 4.69. The first kappa shape index (κ1) is 23.9. The summed E-state index contributed by atoms with van der Waals surface area (Å²) < 4.78 is 45.1. The van der Waals surface area contributed by atoms with Crippen LogP contribution >= 0.6 is 8.53 Å². The molecule has 9 heteroatoms. The second kappa shape index (κ2) is 15.5. The van der Waals surface area contributed by atoms with Gasteiger partial charge in [-0.25, -0.2) is 11.2 Å². The molecule has 28 heavy (non-hydrogen) atoms. The third kappa shape index (κ3) is 8.98. The standard InChI is InChI=1S/C18H35N2O5P.CH4O/c1-13(2)20(14(3)4)26(23-10-9-19-7)25-18-16(6)24-15(5)17(18)22-12-11-21-8;1-2/h13-18H,9-12H2,1-6,8H3;2H,1H3/t15-,16+,17?,18-,26?;/m0./s1/i6D;2T. The summed E-state index contributed by atoms with van der Waals surface area (Å²) in [5.74, 6) is 0. The highest BCUT2D eigenvalue weighted by Crippen LogP contribution is 2.49. The number of nitrogens with zero attached hydrogens (tertiary/aromatic N) is 2. The minimum absolute atomic E-state index is 0.0910. The molecule has 8 nitrogen and oxygen atoms in total. The summed E-state index contributed by atoms with van der Waals surface area (Å²) in [6, 6.07) is 0.428. The van der Waals surface area contributed by atoms with E-state index in [-0.39, 0.29) is 37.3 Å². The predicted molar refractivity (Wildman–Crippen MR) is 111 cm³/mol. The van der Waals surface area contributed by atoms with Crippen LogP contribution in [0, 0.1) is 6.57 Å². The van der Waals surface area contributed by atoms with Crippen LogP contribution in [0.25, 0.3) is 4.85 Å². The van der Waals surface area contributed by atoms with Crippen molar-refractivity contribution in [3.63, 3.8) is 0 Å². The lowest BCUT2D eigenvalue weighted by atomic mass is 10.1. The Morgan fingerprint density at radius 3 is 2.39 bits per heavy atom. The van der Waals surface area contributed by atoms with E-state index in [1.165, 1.54) is 7.11 Å². The van der Waals surface area contributed by atoms with Crippen LogP contribution < -0.4 is 0 Å². The Morgan fingerprint density at radius 2 is 1.89 bits per heavy atom. The van der Waals surface area contributed by atoms with Crippen molar-refractivity contribution in [3.05, 3.63) is 11.4 Å². The van der Waals surface area contributed by atoms with Gasteiger partial charge in [0.05, 0.1) is 25.4 Å². The van der Waals surface area contributed by atoms with Gasteiger partial charge in [0.15, 0.2) is 0 Å². The van der Waals surface area contributed by atoms with Gasteiger partial charge in [-0.15, -0.1) is 0 Å². The summed E-state index contributed by atoms with van der Waals surface area (Å²) in [5.41, 5.74) is 0. The van der Waals surface area contributed by atoms with E-state index in [1.807, 2.05) is 6.92 Å². The van der Waals surface area contributed by atoms with Crippen molar-refractivity contribution in [2.45, 2.75) is 78.0 Å². The van der Waals surface area contributed by atoms with E-state index in [4.69, 9.17) is 32.6 Å². The molecule has 0 amide bonds. The summed E-state index contributed by atoms with van der Waals surface area (Å²) >= 11 is 0. The van der Waals surface area contributed by atoms with Gasteiger partial charge in [-0.3, -0.25) is 0 Å². The van der Waals surface area contributed by atoms with Crippen molar-refractivity contribution < 1.29 is 29.7 Å². The fraction of sp³-hybridized carbons (Fsp3) is 0.947. The highest BCUT2D eigenvalue weighted by atomic mass is 31.2. The van der Waals surface area contributed by atoms with E-state index in [1.54, 1.807) is 7.11 Å². The van der Waals surface area contributed by atoms with Crippen LogP contribution in [0.3, 0.4) is 0 Å². The summed E-state index contributed by atoms with van der Waals surface area (Å²) in [6.07, 6.45) is -1.23. The van der Waals surface area contributed by atoms with Crippen LogP contribution in [0.15, 0.2) is 0 Å². The van der Waals surface area contributed by atoms with Crippen LogP contribution in [0.2, 0.25) is 0 Å². The first-order valence-corrected chi connectivity index (χ1v) is 10.7. The van der Waals surface area contributed by atoms with Gasteiger partial charge in [-0.1, -0.05) is 0 Å². The first-order valence-electron chi connectivity index (χ1n) is 10.7. The van der Waals surface area contributed by atoms with E-state index >= 15 is 0 Å². The fourth-order valence-electron chi connectivity index (χ4n) is 2.93. The molecule has 0 radical (unpaired) electrons. The van der Waals surface area contributed by atoms with Crippen LogP contribution in [-0.2, 0) is 23.3 Å². The van der Waals surface area contributed by atoms with Crippen LogP contribution in [-0.4, -0.2) is 88.3 Å². The molecule has 0 saturated carbocycles. The average Bonchev–Trinajstić information content (AvgIpc) is 2.97. The minimum atomic E-state index is -1.41. The molecule has 1 heterocycles. The zero-order valence-electron chi connectivity index (χ0n) is 20.3. The van der Waals surface area contributed by atoms with Gasteiger partial charge in [0.2, 0.25) is 7.98 Å². The molecule has 0 aromatic carbocycles. The van der Waals surface area contributed by atoms with Crippen molar-refractivity contribution in [2.75, 3.05) is 40.6 Å². The van der Waals surface area contributed by atoms with Gasteiger partial charge in [-0.2, -0.15) is 0 Å². The molecular weight excluding hydrogens is 383 g/mol. The van der Waals surface area contributed by atoms with Gasteiger partial charge in [-0.05, 0) is 41.5 Å². The molecule has 1 aliphatic heterocycles. The number of methoxy groups -OCH3 is 1. The van der Waals surface area contributed by atoms with E-state index in [0.29, 0.717) is 26.4 Å². The highest BCUT2D eigenvalue weighted by molar-refractivity contribution is 7.44. The molecule has 1 aliphatic rings. The second-order valence-electron chi connectivity index (χ2n) is 6.80. The lowest BCUT2D eigenvalue weighted by Crippen LogP contribution is -2.40. The van der Waals surface area contributed by atoms with Crippen molar-refractivity contribution in [1.29, 1.82) is 1.43 Å². The number of aliphatic hydroxyl groups is 1. The molecule has 166 valence electrons. The van der Waals surface area contributed by atoms with Gasteiger partial charge < -0.3 is 33.2 Å². The summed E-state index contributed by atoms with van der Waals surface area (Å²) in [4.78, 5) is 3.36. The second-order valence-corrected chi connectivity index (χ2v) is 8.20. The molecule has 5 atom stereocenters. The zero-order chi connectivity index (χ0) is 23.1. The van der Waals surface area contributed by atoms with Gasteiger partial charge >= 0.3 is 0 Å². The van der Waals surface area contributed by atoms with Crippen molar-refractivity contribution in [3.8, 4) is 0 Å². The molecule has 1 fully saturated rings. The lowest BCUT2D eigenvalue weighted by molar-refractivity contribution is -0.0446. The zero-order valence-corrected chi connectivity index (χ0v) is 19.2. The summed E-state index contributed by atoms with van der Waals surface area (Å²) in [7, 11) is 1.52. The molecule has 0 aromatic heterocycles. The van der Waals surface area contributed by atoms with Crippen LogP contribution in [0.1, 0.15) is 42.9 Å². The molecule has 1 N–H and O–H groups in total. The number of rotatable bonds is 12. The minimum Gasteiger partial charge on any atom is -0.400 e. The number of hydrogen-bond acceptors (Lipinski definition) is 7. The van der Waals surface area contributed by atoms with Gasteiger partial charge in [0.25, 0.3) is 8.53 Å². The third-order valence-electron chi connectivity index (χ3n) is 4.00. The van der Waals surface area contributed by atoms with Crippen LogP contribution in [0.4, 0.5) is 0 Å². The van der Waals surface area contributed by atoms with Crippen molar-refractivity contribution >= 4 is 8.53 Å². The Bertz CT molecular complexity index is 465. The molecule has 0 aromatic rings. The molecule has 1 rings (SSSR count). The molecule has 2 unspecified atom stereocenters. The number of hydrogen-bond donors (Lipinski definition) is 1. The molecule has 0 aliphatic carbocycles. The SMILES string of the molecule is [2H]C[C@H]1O[C@@H](C)C(OCCOC)[C@H]1OP(OCC[N+]#[C-])N(C(C)C)C(C)C.[3H]OC. The summed E-state index contributed by atoms with van der Waals surface area (Å²) in [5, 5.41) is 3.50. The number of ether oxygens (including phenoxy) is 3. The molecule has 0 bridgehead atoms. The normalized spacial score (nSPS) is 26.6. The molecule has 0 spiro atoms. The monoisotopic (exact) mass is 425 g/mol. The Kier molecular flexibility index (Phi) is 13.2. The lowest BCUT2D eigenvalue weighted by Gasteiger charge is -2.37. The maximum absolute atomic E-state index is 7.84. The smallest absolute Gasteiger partial charge is 0.259 e. The molecular formula is C19H39N2O6P. The van der Waals surface area contributed by atoms with E-state index in [9.17, 15) is 0 Å². The largest absolute Gasteiger partial charge is 0.400 e. The maximum atomic E-state index is 7.84. The quantitative estimate of drug-likeness (QED) is 0.293. The molecule has 1 saturated heterocycles. The predicted octanol–water partition coefficient (Wildman–Crippen LogP) is 3.10. The maximum Gasteiger partial charge on any atom is 0.259 e. The Balaban J connectivity index is 0.00000263. The average molecular weight is 426 g/mol. The number of aliphatic hydroxyl groups excluding tert-OH is 1. The van der Waals surface area contributed by atoms with Crippen molar-refractivity contribution in [2.24, 2.45) is 0 Å². The van der Waals surface area contributed by atoms with Gasteiger partial charge in [0, 0.05) is 27.7 Å². The van der Waals surface area contributed by atoms with E-state index in [0.717, 1.165) is 0 Å².